The molecule has 10 heteroatoms. The number of carboxylic acid groups (broad SMARTS) is 1. The number of aliphatic carboxylic acids is 1. The van der Waals surface area contributed by atoms with E-state index in [9.17, 15) is 18.0 Å². The van der Waals surface area contributed by atoms with E-state index in [0.29, 0.717) is 0 Å². The van der Waals surface area contributed by atoms with Crippen LogP contribution < -0.4 is 10.6 Å². The molecule has 3 rings (SSSR count). The summed E-state index contributed by atoms with van der Waals surface area (Å²) in [6.45, 7) is 1.72. The van der Waals surface area contributed by atoms with E-state index in [1.165, 1.54) is 0 Å². The number of anilines is 1. The number of halogens is 3. The SMILES string of the molecule is O=C(Nc1ccc2cccnc2c1)C1CNCCS1.O=C(O)C(F)(F)F. The molecular formula is C16H16F3N3O3S. The molecule has 140 valence electrons. The number of carbonyl (C=O) groups excluding carboxylic acids is 1. The molecule has 0 spiro atoms. The first kappa shape index (κ1) is 20.0. The van der Waals surface area contributed by atoms with Crippen molar-refractivity contribution < 1.29 is 27.9 Å². The third kappa shape index (κ3) is 5.88. The minimum Gasteiger partial charge on any atom is -0.475 e. The maximum absolute atomic E-state index is 12.1. The monoisotopic (exact) mass is 387 g/mol. The van der Waals surface area contributed by atoms with Crippen LogP contribution >= 0.6 is 11.8 Å². The van der Waals surface area contributed by atoms with Crippen LogP contribution in [0.15, 0.2) is 36.5 Å². The topological polar surface area (TPSA) is 91.3 Å². The van der Waals surface area contributed by atoms with Crippen LogP contribution in [0.25, 0.3) is 10.9 Å². The van der Waals surface area contributed by atoms with E-state index >= 15 is 0 Å². The van der Waals surface area contributed by atoms with Gasteiger partial charge in [-0.2, -0.15) is 13.2 Å². The first-order valence-electron chi connectivity index (χ1n) is 7.55. The lowest BCUT2D eigenvalue weighted by molar-refractivity contribution is -0.192. The summed E-state index contributed by atoms with van der Waals surface area (Å²) in [6.07, 6.45) is -3.32. The average Bonchev–Trinajstić information content (AvgIpc) is 2.62. The average molecular weight is 387 g/mol. The van der Waals surface area contributed by atoms with Gasteiger partial charge in [-0.1, -0.05) is 12.1 Å². The lowest BCUT2D eigenvalue weighted by Gasteiger charge is -2.21. The van der Waals surface area contributed by atoms with Crippen molar-refractivity contribution in [2.75, 3.05) is 24.2 Å². The number of benzene rings is 1. The number of fused-ring (bicyclic) bond motifs is 1. The number of hydrogen-bond donors (Lipinski definition) is 3. The van der Waals surface area contributed by atoms with Crippen LogP contribution in [-0.2, 0) is 9.59 Å². The quantitative estimate of drug-likeness (QED) is 0.734. The fraction of sp³-hybridized carbons (Fsp3) is 0.312. The summed E-state index contributed by atoms with van der Waals surface area (Å²) in [6, 6.07) is 9.72. The van der Waals surface area contributed by atoms with Crippen molar-refractivity contribution in [1.29, 1.82) is 0 Å². The zero-order valence-electron chi connectivity index (χ0n) is 13.4. The van der Waals surface area contributed by atoms with Gasteiger partial charge in [-0.3, -0.25) is 9.78 Å². The number of amides is 1. The van der Waals surface area contributed by atoms with Gasteiger partial charge in [0.1, 0.15) is 0 Å². The number of thioether (sulfide) groups is 1. The zero-order chi connectivity index (χ0) is 19.2. The fourth-order valence-corrected chi connectivity index (χ4v) is 3.09. The number of nitrogens with one attached hydrogen (secondary N) is 2. The van der Waals surface area contributed by atoms with Crippen LogP contribution in [-0.4, -0.2) is 52.2 Å². The molecule has 1 atom stereocenters. The summed E-state index contributed by atoms with van der Waals surface area (Å²) in [5.74, 6) is -1.71. The van der Waals surface area contributed by atoms with E-state index in [4.69, 9.17) is 9.90 Å². The molecule has 0 saturated carbocycles. The molecule has 1 unspecified atom stereocenters. The summed E-state index contributed by atoms with van der Waals surface area (Å²) in [5, 5.41) is 14.4. The summed E-state index contributed by atoms with van der Waals surface area (Å²) >= 11 is 1.70. The van der Waals surface area contributed by atoms with Crippen LogP contribution in [0.4, 0.5) is 18.9 Å². The van der Waals surface area contributed by atoms with Gasteiger partial charge < -0.3 is 15.7 Å². The van der Waals surface area contributed by atoms with Crippen molar-refractivity contribution in [1.82, 2.24) is 10.3 Å². The molecule has 0 aliphatic carbocycles. The highest BCUT2D eigenvalue weighted by Crippen LogP contribution is 2.19. The molecule has 1 aromatic heterocycles. The first-order valence-corrected chi connectivity index (χ1v) is 8.60. The van der Waals surface area contributed by atoms with Crippen molar-refractivity contribution in [2.45, 2.75) is 11.4 Å². The van der Waals surface area contributed by atoms with E-state index in [1.54, 1.807) is 18.0 Å². The Kier molecular flexibility index (Phi) is 6.81. The van der Waals surface area contributed by atoms with Crippen molar-refractivity contribution in [3.05, 3.63) is 36.5 Å². The number of hydrogen-bond acceptors (Lipinski definition) is 5. The van der Waals surface area contributed by atoms with Gasteiger partial charge in [0, 0.05) is 36.1 Å². The molecule has 2 heterocycles. The second-order valence-corrected chi connectivity index (χ2v) is 6.58. The third-order valence-corrected chi connectivity index (χ3v) is 4.56. The molecule has 6 nitrogen and oxygen atoms in total. The molecule has 3 N–H and O–H groups in total. The second kappa shape index (κ2) is 8.86. The lowest BCUT2D eigenvalue weighted by atomic mass is 10.2. The Hall–Kier alpha value is -2.33. The maximum Gasteiger partial charge on any atom is 0.490 e. The van der Waals surface area contributed by atoms with Gasteiger partial charge in [-0.25, -0.2) is 4.79 Å². The smallest absolute Gasteiger partial charge is 0.475 e. The molecule has 0 radical (unpaired) electrons. The Morgan fingerprint density at radius 3 is 2.65 bits per heavy atom. The van der Waals surface area contributed by atoms with Crippen LogP contribution in [0.5, 0.6) is 0 Å². The lowest BCUT2D eigenvalue weighted by Crippen LogP contribution is -2.40. The van der Waals surface area contributed by atoms with E-state index < -0.39 is 12.1 Å². The second-order valence-electron chi connectivity index (χ2n) is 5.27. The maximum atomic E-state index is 12.1. The standard InChI is InChI=1S/C14H15N3OS.C2HF3O2/c18-14(13-9-15-6-7-19-13)17-11-4-3-10-2-1-5-16-12(10)8-11;3-2(4,5)1(6)7/h1-5,8,13,15H,6-7,9H2,(H,17,18);(H,6,7). The normalized spacial score (nSPS) is 17.1. The Bertz CT molecular complexity index is 780. The van der Waals surface area contributed by atoms with Crippen LogP contribution in [0.1, 0.15) is 0 Å². The van der Waals surface area contributed by atoms with Crippen LogP contribution in [0.2, 0.25) is 0 Å². The van der Waals surface area contributed by atoms with Gasteiger partial charge in [0.25, 0.3) is 0 Å². The van der Waals surface area contributed by atoms with Crippen molar-refractivity contribution >= 4 is 40.2 Å². The summed E-state index contributed by atoms with van der Waals surface area (Å²) < 4.78 is 31.7. The van der Waals surface area contributed by atoms with Gasteiger partial charge >= 0.3 is 12.1 Å². The number of rotatable bonds is 2. The molecule has 1 aliphatic rings. The molecular weight excluding hydrogens is 371 g/mol. The minimum absolute atomic E-state index is 0.00632. The number of aromatic nitrogens is 1. The highest BCUT2D eigenvalue weighted by molar-refractivity contribution is 8.00. The minimum atomic E-state index is -5.08. The number of carboxylic acids is 1. The third-order valence-electron chi connectivity index (χ3n) is 3.34. The summed E-state index contributed by atoms with van der Waals surface area (Å²) in [5.41, 5.74) is 1.71. The number of carbonyl (C=O) groups is 2. The molecule has 1 saturated heterocycles. The Morgan fingerprint density at radius 1 is 1.31 bits per heavy atom. The molecule has 1 fully saturated rings. The van der Waals surface area contributed by atoms with Crippen molar-refractivity contribution in [3.63, 3.8) is 0 Å². The van der Waals surface area contributed by atoms with Crippen molar-refractivity contribution in [3.8, 4) is 0 Å². The van der Waals surface area contributed by atoms with Crippen LogP contribution in [0.3, 0.4) is 0 Å². The summed E-state index contributed by atoms with van der Waals surface area (Å²) in [4.78, 5) is 25.3. The fourth-order valence-electron chi connectivity index (χ4n) is 2.10. The van der Waals surface area contributed by atoms with E-state index in [-0.39, 0.29) is 11.2 Å². The van der Waals surface area contributed by atoms with Gasteiger partial charge in [0.05, 0.1) is 10.8 Å². The molecule has 26 heavy (non-hydrogen) atoms. The largest absolute Gasteiger partial charge is 0.490 e. The number of nitrogens with zero attached hydrogens (tertiary/aromatic N) is 1. The van der Waals surface area contributed by atoms with E-state index in [0.717, 1.165) is 35.4 Å². The van der Waals surface area contributed by atoms with E-state index in [1.807, 2.05) is 30.3 Å². The predicted molar refractivity (Wildman–Crippen MR) is 93.2 cm³/mol. The van der Waals surface area contributed by atoms with Gasteiger partial charge in [0.2, 0.25) is 5.91 Å². The molecule has 0 bridgehead atoms. The molecule has 1 aromatic carbocycles. The number of alkyl halides is 3. The number of pyridine rings is 1. The van der Waals surface area contributed by atoms with E-state index in [2.05, 4.69) is 15.6 Å². The molecule has 1 aliphatic heterocycles. The van der Waals surface area contributed by atoms with Gasteiger partial charge in [0.15, 0.2) is 0 Å². The Balaban J connectivity index is 0.000000298. The highest BCUT2D eigenvalue weighted by Gasteiger charge is 2.38. The Labute approximate surface area is 151 Å². The van der Waals surface area contributed by atoms with Gasteiger partial charge in [-0.15, -0.1) is 11.8 Å². The summed E-state index contributed by atoms with van der Waals surface area (Å²) in [7, 11) is 0. The molecule has 1 amide bonds. The Morgan fingerprint density at radius 2 is 2.04 bits per heavy atom. The highest BCUT2D eigenvalue weighted by atomic mass is 32.2. The van der Waals surface area contributed by atoms with Crippen molar-refractivity contribution in [2.24, 2.45) is 0 Å². The zero-order valence-corrected chi connectivity index (χ0v) is 14.2. The predicted octanol–water partition coefficient (Wildman–Crippen LogP) is 2.51. The molecule has 2 aromatic rings. The van der Waals surface area contributed by atoms with Gasteiger partial charge in [-0.05, 0) is 18.2 Å². The first-order chi connectivity index (χ1) is 12.3. The van der Waals surface area contributed by atoms with Crippen LogP contribution in [0, 0.1) is 0 Å².